The number of carbonyl (C=O) groups is 2. The summed E-state index contributed by atoms with van der Waals surface area (Å²) in [4.78, 5) is 27.3. The van der Waals surface area contributed by atoms with E-state index in [1.54, 1.807) is 18.2 Å². The van der Waals surface area contributed by atoms with Crippen molar-refractivity contribution in [1.82, 2.24) is 10.2 Å². The fourth-order valence-electron chi connectivity index (χ4n) is 3.58. The van der Waals surface area contributed by atoms with Crippen LogP contribution in [0, 0.1) is 6.92 Å². The highest BCUT2D eigenvalue weighted by Gasteiger charge is 2.24. The molecule has 6 nitrogen and oxygen atoms in total. The predicted molar refractivity (Wildman–Crippen MR) is 114 cm³/mol. The van der Waals surface area contributed by atoms with Crippen molar-refractivity contribution in [2.75, 3.05) is 25.0 Å². The van der Waals surface area contributed by atoms with Crippen molar-refractivity contribution in [3.8, 4) is 0 Å². The first kappa shape index (κ1) is 21.0. The third-order valence-corrected chi connectivity index (χ3v) is 4.88. The largest absolute Gasteiger partial charge is 0.373 e. The van der Waals surface area contributed by atoms with Crippen LogP contribution in [0.15, 0.2) is 48.5 Å². The Hall–Kier alpha value is -2.70. The van der Waals surface area contributed by atoms with Crippen molar-refractivity contribution in [2.24, 2.45) is 0 Å². The summed E-state index contributed by atoms with van der Waals surface area (Å²) >= 11 is 0. The number of aryl methyl sites for hydroxylation is 1. The van der Waals surface area contributed by atoms with Gasteiger partial charge in [-0.2, -0.15) is 0 Å². The lowest BCUT2D eigenvalue weighted by Crippen LogP contribution is -2.48. The van der Waals surface area contributed by atoms with E-state index in [9.17, 15) is 9.59 Å². The number of nitrogens with one attached hydrogen (secondary N) is 2. The van der Waals surface area contributed by atoms with Crippen LogP contribution < -0.4 is 10.6 Å². The highest BCUT2D eigenvalue weighted by Crippen LogP contribution is 2.16. The van der Waals surface area contributed by atoms with Gasteiger partial charge >= 0.3 is 0 Å². The van der Waals surface area contributed by atoms with Gasteiger partial charge in [-0.3, -0.25) is 14.5 Å². The van der Waals surface area contributed by atoms with Gasteiger partial charge in [0.2, 0.25) is 5.91 Å². The Morgan fingerprint density at radius 1 is 1.03 bits per heavy atom. The number of hydrogen-bond acceptors (Lipinski definition) is 4. The van der Waals surface area contributed by atoms with E-state index in [4.69, 9.17) is 4.74 Å². The Morgan fingerprint density at radius 3 is 2.38 bits per heavy atom. The predicted octanol–water partition coefficient (Wildman–Crippen LogP) is 2.97. The molecule has 0 spiro atoms. The summed E-state index contributed by atoms with van der Waals surface area (Å²) in [5, 5.41) is 5.82. The van der Waals surface area contributed by atoms with E-state index in [0.29, 0.717) is 17.8 Å². The number of ether oxygens (including phenoxy) is 1. The zero-order chi connectivity index (χ0) is 20.8. The molecular formula is C23H29N3O3. The monoisotopic (exact) mass is 395 g/mol. The van der Waals surface area contributed by atoms with Gasteiger partial charge in [-0.25, -0.2) is 0 Å². The average molecular weight is 396 g/mol. The summed E-state index contributed by atoms with van der Waals surface area (Å²) < 4.78 is 5.71. The second-order valence-electron chi connectivity index (χ2n) is 7.71. The van der Waals surface area contributed by atoms with Crippen LogP contribution in [-0.4, -0.2) is 48.6 Å². The van der Waals surface area contributed by atoms with Crippen LogP contribution in [0.3, 0.4) is 0 Å². The van der Waals surface area contributed by atoms with Gasteiger partial charge < -0.3 is 15.4 Å². The van der Waals surface area contributed by atoms with Crippen LogP contribution >= 0.6 is 0 Å². The molecule has 0 aliphatic carbocycles. The third kappa shape index (κ3) is 6.14. The van der Waals surface area contributed by atoms with Crippen molar-refractivity contribution in [2.45, 2.75) is 39.5 Å². The second kappa shape index (κ2) is 9.67. The maximum atomic E-state index is 12.7. The molecule has 2 aromatic carbocycles. The number of para-hydroxylation sites is 1. The van der Waals surface area contributed by atoms with E-state index >= 15 is 0 Å². The summed E-state index contributed by atoms with van der Waals surface area (Å²) in [6.07, 6.45) is 0.206. The van der Waals surface area contributed by atoms with Crippen LogP contribution in [0.4, 0.5) is 5.69 Å². The van der Waals surface area contributed by atoms with E-state index in [0.717, 1.165) is 18.7 Å². The molecule has 1 aliphatic rings. The molecule has 2 atom stereocenters. The maximum Gasteiger partial charge on any atom is 0.253 e. The molecule has 1 heterocycles. The van der Waals surface area contributed by atoms with E-state index < -0.39 is 0 Å². The van der Waals surface area contributed by atoms with Gasteiger partial charge in [0.25, 0.3) is 5.91 Å². The Labute approximate surface area is 172 Å². The fourth-order valence-corrected chi connectivity index (χ4v) is 3.58. The minimum Gasteiger partial charge on any atom is -0.373 e. The first-order valence-electron chi connectivity index (χ1n) is 10.0. The molecule has 0 bridgehead atoms. The summed E-state index contributed by atoms with van der Waals surface area (Å²) in [5.41, 5.74) is 3.18. The molecule has 2 aromatic rings. The summed E-state index contributed by atoms with van der Waals surface area (Å²) in [6, 6.07) is 15.1. The molecular weight excluding hydrogens is 366 g/mol. The van der Waals surface area contributed by atoms with Gasteiger partial charge in [-0.1, -0.05) is 42.0 Å². The smallest absolute Gasteiger partial charge is 0.253 e. The molecule has 2 amide bonds. The summed E-state index contributed by atoms with van der Waals surface area (Å²) in [5.74, 6) is -0.347. The van der Waals surface area contributed by atoms with Gasteiger partial charge in [0.05, 0.1) is 30.0 Å². The van der Waals surface area contributed by atoms with Crippen molar-refractivity contribution in [3.63, 3.8) is 0 Å². The van der Waals surface area contributed by atoms with E-state index in [-0.39, 0.29) is 30.6 Å². The lowest BCUT2D eigenvalue weighted by atomic mass is 10.1. The number of hydrogen-bond donors (Lipinski definition) is 2. The van der Waals surface area contributed by atoms with Crippen LogP contribution in [0.5, 0.6) is 0 Å². The number of nitrogens with zero attached hydrogens (tertiary/aromatic N) is 1. The molecule has 0 saturated carbocycles. The number of morpholine rings is 1. The van der Waals surface area contributed by atoms with Gasteiger partial charge in [-0.05, 0) is 38.5 Å². The molecule has 29 heavy (non-hydrogen) atoms. The molecule has 154 valence electrons. The van der Waals surface area contributed by atoms with Crippen LogP contribution in [-0.2, 0) is 16.1 Å². The summed E-state index contributed by atoms with van der Waals surface area (Å²) in [6.45, 7) is 8.19. The highest BCUT2D eigenvalue weighted by atomic mass is 16.5. The lowest BCUT2D eigenvalue weighted by Gasteiger charge is -2.34. The average Bonchev–Trinajstić information content (AvgIpc) is 2.67. The standard InChI is InChI=1S/C23H29N3O3/c1-16-8-10-19(11-9-16)12-24-23(28)20-6-4-5-7-21(20)25-22(27)15-26-13-17(2)29-18(3)14-26/h4-11,17-18H,12-15H2,1-3H3,(H,24,28)(H,25,27)/t17-,18-/m1/s1. The number of anilines is 1. The fraction of sp³-hybridized carbons (Fsp3) is 0.391. The molecule has 1 saturated heterocycles. The zero-order valence-corrected chi connectivity index (χ0v) is 17.3. The van der Waals surface area contributed by atoms with E-state index in [2.05, 4.69) is 15.5 Å². The van der Waals surface area contributed by atoms with Crippen molar-refractivity contribution in [1.29, 1.82) is 0 Å². The van der Waals surface area contributed by atoms with Crippen LogP contribution in [0.25, 0.3) is 0 Å². The first-order chi connectivity index (χ1) is 13.9. The van der Waals surface area contributed by atoms with Gasteiger partial charge in [0, 0.05) is 19.6 Å². The number of carbonyl (C=O) groups excluding carboxylic acids is 2. The Bertz CT molecular complexity index is 841. The first-order valence-corrected chi connectivity index (χ1v) is 10.0. The van der Waals surface area contributed by atoms with Crippen molar-refractivity contribution in [3.05, 3.63) is 65.2 Å². The SMILES string of the molecule is Cc1ccc(CNC(=O)c2ccccc2NC(=O)CN2C[C@@H](C)O[C@H](C)C2)cc1. The molecule has 3 rings (SSSR count). The second-order valence-corrected chi connectivity index (χ2v) is 7.71. The number of rotatable bonds is 6. The van der Waals surface area contributed by atoms with E-state index in [1.165, 1.54) is 5.56 Å². The molecule has 6 heteroatoms. The summed E-state index contributed by atoms with van der Waals surface area (Å²) in [7, 11) is 0. The molecule has 1 fully saturated rings. The van der Waals surface area contributed by atoms with Crippen molar-refractivity contribution >= 4 is 17.5 Å². The Kier molecular flexibility index (Phi) is 7.01. The molecule has 0 aromatic heterocycles. The molecule has 1 aliphatic heterocycles. The zero-order valence-electron chi connectivity index (χ0n) is 17.3. The lowest BCUT2D eigenvalue weighted by molar-refractivity contribution is -0.121. The molecule has 0 unspecified atom stereocenters. The topological polar surface area (TPSA) is 70.7 Å². The van der Waals surface area contributed by atoms with Crippen LogP contribution in [0.2, 0.25) is 0 Å². The third-order valence-electron chi connectivity index (χ3n) is 4.88. The minimum atomic E-state index is -0.213. The number of benzene rings is 2. The quantitative estimate of drug-likeness (QED) is 0.789. The Morgan fingerprint density at radius 2 is 1.69 bits per heavy atom. The van der Waals surface area contributed by atoms with Gasteiger partial charge in [0.15, 0.2) is 0 Å². The normalized spacial score (nSPS) is 19.6. The van der Waals surface area contributed by atoms with Gasteiger partial charge in [-0.15, -0.1) is 0 Å². The van der Waals surface area contributed by atoms with Crippen molar-refractivity contribution < 1.29 is 14.3 Å². The Balaban J connectivity index is 1.59. The number of amides is 2. The molecule has 0 radical (unpaired) electrons. The van der Waals surface area contributed by atoms with Crippen LogP contribution in [0.1, 0.15) is 35.3 Å². The highest BCUT2D eigenvalue weighted by molar-refractivity contribution is 6.04. The minimum absolute atomic E-state index is 0.103. The molecule has 2 N–H and O–H groups in total. The van der Waals surface area contributed by atoms with Gasteiger partial charge in [0.1, 0.15) is 0 Å². The maximum absolute atomic E-state index is 12.7. The van der Waals surface area contributed by atoms with E-state index in [1.807, 2.05) is 51.1 Å².